The lowest BCUT2D eigenvalue weighted by Gasteiger charge is -2.13. The van der Waals surface area contributed by atoms with Crippen LogP contribution in [0.25, 0.3) is 0 Å². The van der Waals surface area contributed by atoms with Crippen molar-refractivity contribution in [3.8, 4) is 11.5 Å². The van der Waals surface area contributed by atoms with Gasteiger partial charge in [-0.25, -0.2) is 0 Å². The van der Waals surface area contributed by atoms with Crippen molar-refractivity contribution in [2.75, 3.05) is 7.11 Å². The lowest BCUT2D eigenvalue weighted by molar-refractivity contribution is 0.282. The van der Waals surface area contributed by atoms with Crippen LogP contribution < -0.4 is 20.6 Å². The lowest BCUT2D eigenvalue weighted by Crippen LogP contribution is -2.24. The molecule has 0 aliphatic heterocycles. The number of thiocarbonyl (C=S) groups is 1. The van der Waals surface area contributed by atoms with Gasteiger partial charge in [0.25, 0.3) is 0 Å². The van der Waals surface area contributed by atoms with E-state index in [1.165, 1.54) is 0 Å². The molecule has 0 atom stereocenters. The molecule has 2 rings (SSSR count). The van der Waals surface area contributed by atoms with Gasteiger partial charge < -0.3 is 15.2 Å². The molecule has 0 saturated carbocycles. The van der Waals surface area contributed by atoms with Gasteiger partial charge in [-0.05, 0) is 70.2 Å². The third-order valence-electron chi connectivity index (χ3n) is 2.94. The maximum absolute atomic E-state index is 5.91. The van der Waals surface area contributed by atoms with Crippen molar-refractivity contribution in [3.63, 3.8) is 0 Å². The average molecular weight is 476 g/mol. The molecule has 5 nitrogen and oxygen atoms in total. The zero-order valence-corrected chi connectivity index (χ0v) is 16.5. The molecular formula is C16H15ClIN3O2S. The van der Waals surface area contributed by atoms with Crippen molar-refractivity contribution in [2.45, 2.75) is 6.61 Å². The number of benzene rings is 2. The summed E-state index contributed by atoms with van der Waals surface area (Å²) in [4.78, 5) is 0. The monoisotopic (exact) mass is 475 g/mol. The van der Waals surface area contributed by atoms with E-state index in [0.29, 0.717) is 23.1 Å². The standard InChI is InChI=1S/C16H15ClIN3O2S/c1-22-14-7-11(8-20-21-16(19)24)6-13(18)15(14)23-9-10-2-4-12(17)5-3-10/h2-8H,9H2,1H3,(H3,19,21,24)/b20-8-. The van der Waals surface area contributed by atoms with Gasteiger partial charge in [0.1, 0.15) is 6.61 Å². The summed E-state index contributed by atoms with van der Waals surface area (Å²) in [5, 5.41) is 4.74. The number of nitrogens with two attached hydrogens (primary N) is 1. The van der Waals surface area contributed by atoms with E-state index in [4.69, 9.17) is 39.0 Å². The summed E-state index contributed by atoms with van der Waals surface area (Å²) in [6.45, 7) is 0.417. The molecule has 2 aromatic rings. The molecule has 0 heterocycles. The fourth-order valence-electron chi connectivity index (χ4n) is 1.86. The van der Waals surface area contributed by atoms with Gasteiger partial charge in [0.15, 0.2) is 16.6 Å². The number of methoxy groups -OCH3 is 1. The quantitative estimate of drug-likeness (QED) is 0.289. The topological polar surface area (TPSA) is 68.9 Å². The van der Waals surface area contributed by atoms with Gasteiger partial charge in [-0.2, -0.15) is 5.10 Å². The van der Waals surface area contributed by atoms with E-state index < -0.39 is 0 Å². The molecule has 0 unspecified atom stereocenters. The molecule has 0 aliphatic rings. The molecular weight excluding hydrogens is 461 g/mol. The number of nitrogens with one attached hydrogen (secondary N) is 1. The van der Waals surface area contributed by atoms with Crippen molar-refractivity contribution >= 4 is 57.7 Å². The normalized spacial score (nSPS) is 10.6. The Morgan fingerprint density at radius 1 is 1.38 bits per heavy atom. The second kappa shape index (κ2) is 9.05. The largest absolute Gasteiger partial charge is 0.493 e. The first kappa shape index (κ1) is 18.8. The minimum absolute atomic E-state index is 0.107. The molecule has 8 heteroatoms. The minimum atomic E-state index is 0.107. The van der Waals surface area contributed by atoms with Crippen LogP contribution >= 0.6 is 46.4 Å². The van der Waals surface area contributed by atoms with E-state index >= 15 is 0 Å². The maximum atomic E-state index is 5.91. The van der Waals surface area contributed by atoms with Gasteiger partial charge in [-0.1, -0.05) is 23.7 Å². The van der Waals surface area contributed by atoms with E-state index in [9.17, 15) is 0 Å². The zero-order valence-electron chi connectivity index (χ0n) is 12.8. The molecule has 0 amide bonds. The summed E-state index contributed by atoms with van der Waals surface area (Å²) < 4.78 is 12.2. The van der Waals surface area contributed by atoms with E-state index in [1.54, 1.807) is 13.3 Å². The minimum Gasteiger partial charge on any atom is -0.493 e. The second-order valence-electron chi connectivity index (χ2n) is 4.68. The van der Waals surface area contributed by atoms with E-state index in [2.05, 4.69) is 33.1 Å². The van der Waals surface area contributed by atoms with E-state index in [0.717, 1.165) is 14.7 Å². The molecule has 0 fully saturated rings. The highest BCUT2D eigenvalue weighted by Gasteiger charge is 2.11. The zero-order chi connectivity index (χ0) is 17.5. The molecule has 0 aliphatic carbocycles. The molecule has 0 bridgehead atoms. The van der Waals surface area contributed by atoms with Crippen molar-refractivity contribution in [1.82, 2.24) is 5.43 Å². The smallest absolute Gasteiger partial charge is 0.184 e. The number of halogens is 2. The van der Waals surface area contributed by atoms with Crippen molar-refractivity contribution in [1.29, 1.82) is 0 Å². The fourth-order valence-corrected chi connectivity index (χ4v) is 2.82. The van der Waals surface area contributed by atoms with Crippen LogP contribution in [0.3, 0.4) is 0 Å². The molecule has 0 saturated heterocycles. The molecule has 24 heavy (non-hydrogen) atoms. The summed E-state index contributed by atoms with van der Waals surface area (Å²) in [6.07, 6.45) is 1.60. The van der Waals surface area contributed by atoms with Crippen LogP contribution in [0, 0.1) is 3.57 Å². The SMILES string of the molecule is COc1cc(/C=N\NC(N)=S)cc(I)c1OCc1ccc(Cl)cc1. The molecule has 3 N–H and O–H groups in total. The molecule has 0 aromatic heterocycles. The number of nitrogens with zero attached hydrogens (tertiary/aromatic N) is 1. The van der Waals surface area contributed by atoms with Crippen LogP contribution in [-0.2, 0) is 6.61 Å². The predicted molar refractivity (Wildman–Crippen MR) is 109 cm³/mol. The van der Waals surface area contributed by atoms with Crippen LogP contribution in [0.15, 0.2) is 41.5 Å². The molecule has 126 valence electrons. The van der Waals surface area contributed by atoms with Gasteiger partial charge in [0, 0.05) is 5.02 Å². The van der Waals surface area contributed by atoms with Crippen LogP contribution in [-0.4, -0.2) is 18.4 Å². The summed E-state index contributed by atoms with van der Waals surface area (Å²) >= 11 is 12.8. The lowest BCUT2D eigenvalue weighted by atomic mass is 10.2. The molecule has 0 radical (unpaired) electrons. The number of hydrogen-bond acceptors (Lipinski definition) is 4. The maximum Gasteiger partial charge on any atom is 0.184 e. The predicted octanol–water partition coefficient (Wildman–Crippen LogP) is 3.70. The summed E-state index contributed by atoms with van der Waals surface area (Å²) in [5.41, 5.74) is 9.68. The Balaban J connectivity index is 2.15. The van der Waals surface area contributed by atoms with Crippen molar-refractivity contribution in [3.05, 3.63) is 56.1 Å². The van der Waals surface area contributed by atoms with Crippen LogP contribution in [0.1, 0.15) is 11.1 Å². The summed E-state index contributed by atoms with van der Waals surface area (Å²) in [5.74, 6) is 1.29. The Hall–Kier alpha value is -1.58. The molecule has 0 spiro atoms. The number of ether oxygens (including phenoxy) is 2. The van der Waals surface area contributed by atoms with E-state index in [1.807, 2.05) is 36.4 Å². The highest BCUT2D eigenvalue weighted by atomic mass is 127. The van der Waals surface area contributed by atoms with Crippen LogP contribution in [0.5, 0.6) is 11.5 Å². The van der Waals surface area contributed by atoms with Crippen LogP contribution in [0.4, 0.5) is 0 Å². The second-order valence-corrected chi connectivity index (χ2v) is 6.72. The van der Waals surface area contributed by atoms with Gasteiger partial charge in [0.05, 0.1) is 16.9 Å². The Labute approximate surface area is 164 Å². The fraction of sp³-hybridized carbons (Fsp3) is 0.125. The number of hydrogen-bond donors (Lipinski definition) is 2. The third-order valence-corrected chi connectivity index (χ3v) is 4.08. The summed E-state index contributed by atoms with van der Waals surface area (Å²) in [7, 11) is 1.59. The number of hydrazone groups is 1. The highest BCUT2D eigenvalue weighted by molar-refractivity contribution is 14.1. The Kier molecular flexibility index (Phi) is 7.07. The van der Waals surface area contributed by atoms with Crippen molar-refractivity contribution < 1.29 is 9.47 Å². The Morgan fingerprint density at radius 3 is 2.71 bits per heavy atom. The molecule has 2 aromatic carbocycles. The van der Waals surface area contributed by atoms with Gasteiger partial charge in [-0.15, -0.1) is 0 Å². The van der Waals surface area contributed by atoms with E-state index in [-0.39, 0.29) is 5.11 Å². The first-order valence-electron chi connectivity index (χ1n) is 6.83. The summed E-state index contributed by atoms with van der Waals surface area (Å²) in [6, 6.07) is 11.2. The third kappa shape index (κ3) is 5.50. The Morgan fingerprint density at radius 2 is 2.08 bits per heavy atom. The van der Waals surface area contributed by atoms with Gasteiger partial charge in [0.2, 0.25) is 0 Å². The first-order valence-corrected chi connectivity index (χ1v) is 8.69. The van der Waals surface area contributed by atoms with Crippen molar-refractivity contribution in [2.24, 2.45) is 10.8 Å². The van der Waals surface area contributed by atoms with Gasteiger partial charge in [-0.3, -0.25) is 5.43 Å². The highest BCUT2D eigenvalue weighted by Crippen LogP contribution is 2.34. The van der Waals surface area contributed by atoms with Gasteiger partial charge >= 0.3 is 0 Å². The van der Waals surface area contributed by atoms with Crippen LogP contribution in [0.2, 0.25) is 5.02 Å². The number of rotatable bonds is 6. The Bertz CT molecular complexity index is 754. The average Bonchev–Trinajstić information content (AvgIpc) is 2.54. The first-order chi connectivity index (χ1) is 11.5.